The molecule has 0 aliphatic rings. The molecule has 42 heavy (non-hydrogen) atoms. The third-order valence-corrected chi connectivity index (χ3v) is 7.25. The standard InChI is InChI=1S/C26H16F6N6O3S/c1-37-24(41)38(11-34-37)15-5-6-16(18(10-15)26(30,31)32)23-36-19-9-13(25(27,28)29)8-17(20(19)42-23)22(40)35-14-4-2-3-12(7-14)21(33)39/h2-11H,1H3,(H2,33,39)(H,35,40). The van der Waals surface area contributed by atoms with Gasteiger partial charge in [-0.2, -0.15) is 31.4 Å². The van der Waals surface area contributed by atoms with E-state index in [1.54, 1.807) is 0 Å². The molecule has 0 aliphatic heterocycles. The lowest BCUT2D eigenvalue weighted by Gasteiger charge is -2.13. The summed E-state index contributed by atoms with van der Waals surface area (Å²) >= 11 is 0.584. The zero-order valence-electron chi connectivity index (χ0n) is 21.0. The molecule has 0 atom stereocenters. The van der Waals surface area contributed by atoms with Crippen LogP contribution in [0, 0.1) is 0 Å². The van der Waals surface area contributed by atoms with Gasteiger partial charge in [0.05, 0.1) is 32.6 Å². The van der Waals surface area contributed by atoms with E-state index in [2.05, 4.69) is 15.4 Å². The molecule has 216 valence electrons. The van der Waals surface area contributed by atoms with Crippen LogP contribution in [-0.4, -0.2) is 31.1 Å². The Labute approximate surface area is 234 Å². The van der Waals surface area contributed by atoms with Crippen molar-refractivity contribution in [1.29, 1.82) is 0 Å². The van der Waals surface area contributed by atoms with Crippen molar-refractivity contribution >= 4 is 39.1 Å². The molecule has 0 spiro atoms. The first kappa shape index (κ1) is 28.5. The number of halogens is 6. The molecule has 0 unspecified atom stereocenters. The van der Waals surface area contributed by atoms with Crippen molar-refractivity contribution in [3.05, 3.63) is 93.7 Å². The fraction of sp³-hybridized carbons (Fsp3) is 0.115. The Morgan fingerprint density at radius 2 is 1.71 bits per heavy atom. The summed E-state index contributed by atoms with van der Waals surface area (Å²) in [5.41, 5.74) is 0.671. The summed E-state index contributed by atoms with van der Waals surface area (Å²) in [7, 11) is 1.32. The lowest BCUT2D eigenvalue weighted by Crippen LogP contribution is -2.21. The SMILES string of the molecule is Cn1ncn(-c2ccc(-c3nc4cc(C(F)(F)F)cc(C(=O)Nc5cccc(C(N)=O)c5)c4s3)c(C(F)(F)F)c2)c1=O. The molecule has 2 aromatic heterocycles. The number of fused-ring (bicyclic) bond motifs is 1. The number of thiazole rings is 1. The van der Waals surface area contributed by atoms with Gasteiger partial charge in [0, 0.05) is 23.9 Å². The van der Waals surface area contributed by atoms with Gasteiger partial charge in [-0.3, -0.25) is 9.59 Å². The molecule has 3 aromatic carbocycles. The largest absolute Gasteiger partial charge is 0.417 e. The van der Waals surface area contributed by atoms with Gasteiger partial charge in [0.1, 0.15) is 11.3 Å². The van der Waals surface area contributed by atoms with E-state index in [4.69, 9.17) is 5.73 Å². The molecular weight excluding hydrogens is 590 g/mol. The average Bonchev–Trinajstić information content (AvgIpc) is 3.49. The van der Waals surface area contributed by atoms with Gasteiger partial charge >= 0.3 is 18.0 Å². The van der Waals surface area contributed by atoms with E-state index in [0.29, 0.717) is 29.5 Å². The minimum Gasteiger partial charge on any atom is -0.366 e. The van der Waals surface area contributed by atoms with Crippen LogP contribution in [0.5, 0.6) is 0 Å². The predicted molar refractivity (Wildman–Crippen MR) is 140 cm³/mol. The van der Waals surface area contributed by atoms with Gasteiger partial charge in [-0.15, -0.1) is 11.3 Å². The van der Waals surface area contributed by atoms with E-state index in [1.807, 2.05) is 0 Å². The lowest BCUT2D eigenvalue weighted by atomic mass is 10.1. The molecule has 0 aliphatic carbocycles. The Balaban J connectivity index is 1.65. The average molecular weight is 607 g/mol. The number of nitrogens with zero attached hydrogens (tertiary/aromatic N) is 4. The number of amides is 2. The Morgan fingerprint density at radius 3 is 2.33 bits per heavy atom. The van der Waals surface area contributed by atoms with E-state index in [1.165, 1.54) is 37.4 Å². The van der Waals surface area contributed by atoms with Gasteiger partial charge in [-0.25, -0.2) is 19.0 Å². The number of primary amides is 1. The van der Waals surface area contributed by atoms with Crippen molar-refractivity contribution in [3.8, 4) is 16.3 Å². The molecule has 9 nitrogen and oxygen atoms in total. The maximum absolute atomic E-state index is 14.2. The number of benzene rings is 3. The number of carbonyl (C=O) groups excluding carboxylic acids is 2. The minimum absolute atomic E-state index is 0.0266. The normalized spacial score (nSPS) is 12.1. The highest BCUT2D eigenvalue weighted by Gasteiger charge is 2.36. The maximum Gasteiger partial charge on any atom is 0.417 e. The number of nitrogens with two attached hydrogens (primary N) is 1. The predicted octanol–water partition coefficient (Wildman–Crippen LogP) is 5.24. The van der Waals surface area contributed by atoms with Crippen LogP contribution in [-0.2, 0) is 19.4 Å². The topological polar surface area (TPSA) is 125 Å². The third kappa shape index (κ3) is 5.35. The molecule has 0 saturated carbocycles. The maximum atomic E-state index is 14.2. The molecule has 5 aromatic rings. The fourth-order valence-electron chi connectivity index (χ4n) is 4.09. The van der Waals surface area contributed by atoms with Crippen molar-refractivity contribution < 1.29 is 35.9 Å². The summed E-state index contributed by atoms with van der Waals surface area (Å²) in [6.07, 6.45) is -8.82. The first-order chi connectivity index (χ1) is 19.6. The second kappa shape index (κ2) is 10.1. The third-order valence-electron chi connectivity index (χ3n) is 6.11. The van der Waals surface area contributed by atoms with Gasteiger partial charge < -0.3 is 11.1 Å². The number of anilines is 1. The highest BCUT2D eigenvalue weighted by Crippen LogP contribution is 2.43. The van der Waals surface area contributed by atoms with Gasteiger partial charge in [-0.1, -0.05) is 6.07 Å². The summed E-state index contributed by atoms with van der Waals surface area (Å²) in [4.78, 5) is 40.9. The molecule has 3 N–H and O–H groups in total. The summed E-state index contributed by atoms with van der Waals surface area (Å²) in [6, 6.07) is 9.50. The second-order valence-corrected chi connectivity index (χ2v) is 9.92. The molecule has 16 heteroatoms. The second-order valence-electron chi connectivity index (χ2n) is 8.92. The lowest BCUT2D eigenvalue weighted by molar-refractivity contribution is -0.138. The van der Waals surface area contributed by atoms with Crippen molar-refractivity contribution in [2.24, 2.45) is 12.8 Å². The van der Waals surface area contributed by atoms with E-state index >= 15 is 0 Å². The van der Waals surface area contributed by atoms with Gasteiger partial charge in [0.25, 0.3) is 5.91 Å². The van der Waals surface area contributed by atoms with Crippen LogP contribution in [0.2, 0.25) is 0 Å². The van der Waals surface area contributed by atoms with Crippen LogP contribution < -0.4 is 16.7 Å². The number of carbonyl (C=O) groups is 2. The van der Waals surface area contributed by atoms with Crippen LogP contribution in [0.4, 0.5) is 32.0 Å². The highest BCUT2D eigenvalue weighted by molar-refractivity contribution is 7.22. The number of alkyl halides is 6. The van der Waals surface area contributed by atoms with Crippen LogP contribution in [0.1, 0.15) is 31.8 Å². The summed E-state index contributed by atoms with van der Waals surface area (Å²) in [5.74, 6) is -1.83. The Morgan fingerprint density at radius 1 is 0.976 bits per heavy atom. The Hall–Kier alpha value is -4.99. The Bertz CT molecular complexity index is 1940. The molecule has 5 rings (SSSR count). The van der Waals surface area contributed by atoms with Crippen LogP contribution >= 0.6 is 11.3 Å². The van der Waals surface area contributed by atoms with E-state index in [9.17, 15) is 40.7 Å². The van der Waals surface area contributed by atoms with Crippen LogP contribution in [0.15, 0.2) is 65.7 Å². The van der Waals surface area contributed by atoms with E-state index in [-0.39, 0.29) is 32.2 Å². The Kier molecular flexibility index (Phi) is 6.88. The van der Waals surface area contributed by atoms with E-state index < -0.39 is 52.1 Å². The molecule has 2 heterocycles. The summed E-state index contributed by atoms with van der Waals surface area (Å²) < 4.78 is 85.4. The summed E-state index contributed by atoms with van der Waals surface area (Å²) in [5, 5.41) is 5.79. The van der Waals surface area contributed by atoms with Crippen molar-refractivity contribution in [2.75, 3.05) is 5.32 Å². The molecule has 2 amide bonds. The number of nitrogens with one attached hydrogen (secondary N) is 1. The number of rotatable bonds is 5. The molecular formula is C26H16F6N6O3S. The zero-order chi connectivity index (χ0) is 30.6. The van der Waals surface area contributed by atoms with Crippen LogP contribution in [0.25, 0.3) is 26.5 Å². The smallest absolute Gasteiger partial charge is 0.366 e. The highest BCUT2D eigenvalue weighted by atomic mass is 32.1. The van der Waals surface area contributed by atoms with Crippen LogP contribution in [0.3, 0.4) is 0 Å². The quantitative estimate of drug-likeness (QED) is 0.265. The van der Waals surface area contributed by atoms with Gasteiger partial charge in [0.15, 0.2) is 0 Å². The van der Waals surface area contributed by atoms with Crippen molar-refractivity contribution in [2.45, 2.75) is 12.4 Å². The van der Waals surface area contributed by atoms with Gasteiger partial charge in [0.2, 0.25) is 5.91 Å². The first-order valence-electron chi connectivity index (χ1n) is 11.7. The summed E-state index contributed by atoms with van der Waals surface area (Å²) in [6.45, 7) is 0. The number of hydrogen-bond acceptors (Lipinski definition) is 6. The van der Waals surface area contributed by atoms with E-state index in [0.717, 1.165) is 21.6 Å². The first-order valence-corrected chi connectivity index (χ1v) is 12.5. The minimum atomic E-state index is -4.95. The molecule has 0 radical (unpaired) electrons. The van der Waals surface area contributed by atoms with Gasteiger partial charge in [-0.05, 0) is 48.5 Å². The number of aromatic nitrogens is 4. The monoisotopic (exact) mass is 606 g/mol. The van der Waals surface area contributed by atoms with Crippen molar-refractivity contribution in [1.82, 2.24) is 19.3 Å². The zero-order valence-corrected chi connectivity index (χ0v) is 21.9. The molecule has 0 saturated heterocycles. The molecule has 0 bridgehead atoms. The number of hydrogen-bond donors (Lipinski definition) is 2. The molecule has 0 fully saturated rings. The fourth-order valence-corrected chi connectivity index (χ4v) is 5.19. The number of aryl methyl sites for hydroxylation is 1. The van der Waals surface area contributed by atoms with Crippen molar-refractivity contribution in [3.63, 3.8) is 0 Å².